The molecule has 27 heavy (non-hydrogen) atoms. The Kier molecular flexibility index (Phi) is 6.46. The number of halogens is 1. The van der Waals surface area contributed by atoms with Gasteiger partial charge in [-0.25, -0.2) is 4.98 Å². The molecule has 0 radical (unpaired) electrons. The molecule has 1 N–H and O–H groups in total. The molecule has 0 spiro atoms. The Labute approximate surface area is 169 Å². The lowest BCUT2D eigenvalue weighted by molar-refractivity contribution is -0.131. The van der Waals surface area contributed by atoms with Gasteiger partial charge in [-0.05, 0) is 37.6 Å². The van der Waals surface area contributed by atoms with Gasteiger partial charge in [0.1, 0.15) is 11.6 Å². The van der Waals surface area contributed by atoms with Crippen molar-refractivity contribution in [2.24, 2.45) is 0 Å². The number of hydrogen-bond acceptors (Lipinski definition) is 5. The number of para-hydroxylation sites is 1. The smallest absolute Gasteiger partial charge is 0.244 e. The highest BCUT2D eigenvalue weighted by Crippen LogP contribution is 2.23. The summed E-state index contributed by atoms with van der Waals surface area (Å²) in [6.07, 6.45) is 4.25. The zero-order chi connectivity index (χ0) is 17.9. The van der Waals surface area contributed by atoms with Gasteiger partial charge in [-0.2, -0.15) is 5.10 Å². The number of aromatic nitrogens is 3. The Bertz CT molecular complexity index is 869. The maximum Gasteiger partial charge on any atom is 0.244 e. The minimum absolute atomic E-state index is 0. The zero-order valence-corrected chi connectivity index (χ0v) is 16.9. The Morgan fingerprint density at radius 3 is 3.00 bits per heavy atom. The van der Waals surface area contributed by atoms with Crippen molar-refractivity contribution in [2.75, 3.05) is 20.1 Å². The molecule has 1 amide bonds. The van der Waals surface area contributed by atoms with Gasteiger partial charge < -0.3 is 10.2 Å². The first-order chi connectivity index (χ1) is 12.7. The monoisotopic (exact) mass is 405 g/mol. The van der Waals surface area contributed by atoms with Crippen LogP contribution in [0.15, 0.2) is 36.5 Å². The van der Waals surface area contributed by atoms with Crippen LogP contribution in [0.5, 0.6) is 0 Å². The molecule has 8 heteroatoms. The van der Waals surface area contributed by atoms with Crippen molar-refractivity contribution >= 4 is 39.9 Å². The van der Waals surface area contributed by atoms with Gasteiger partial charge >= 0.3 is 0 Å². The molecule has 0 saturated carbocycles. The molecule has 1 atom stereocenters. The van der Waals surface area contributed by atoms with Crippen LogP contribution in [-0.2, 0) is 17.9 Å². The summed E-state index contributed by atoms with van der Waals surface area (Å²) in [5.74, 6) is 0.501. The summed E-state index contributed by atoms with van der Waals surface area (Å²) < 4.78 is 2.90. The van der Waals surface area contributed by atoms with Gasteiger partial charge in [-0.3, -0.25) is 9.48 Å². The zero-order valence-electron chi connectivity index (χ0n) is 15.3. The molecule has 144 valence electrons. The molecule has 6 nitrogen and oxygen atoms in total. The Hall–Kier alpha value is -1.96. The van der Waals surface area contributed by atoms with Crippen LogP contribution in [0, 0.1) is 0 Å². The molecule has 1 aliphatic rings. The number of thiazole rings is 1. The highest BCUT2D eigenvalue weighted by atomic mass is 35.5. The second-order valence-electron chi connectivity index (χ2n) is 6.81. The molecule has 3 aromatic rings. The summed E-state index contributed by atoms with van der Waals surface area (Å²) in [5.41, 5.74) is 2.07. The number of amides is 1. The average Bonchev–Trinajstić information content (AvgIpc) is 3.28. The van der Waals surface area contributed by atoms with Gasteiger partial charge in [0.05, 0.1) is 22.5 Å². The molecule has 1 unspecified atom stereocenters. The van der Waals surface area contributed by atoms with Gasteiger partial charge in [-0.15, -0.1) is 23.7 Å². The Morgan fingerprint density at radius 1 is 1.37 bits per heavy atom. The van der Waals surface area contributed by atoms with E-state index in [0.29, 0.717) is 12.5 Å². The summed E-state index contributed by atoms with van der Waals surface area (Å²) >= 11 is 1.64. The number of benzene rings is 1. The number of nitrogens with zero attached hydrogens (tertiary/aromatic N) is 4. The molecule has 2 aromatic heterocycles. The maximum atomic E-state index is 12.5. The number of piperidine rings is 1. The van der Waals surface area contributed by atoms with E-state index in [1.54, 1.807) is 20.9 Å². The van der Waals surface area contributed by atoms with E-state index in [1.165, 1.54) is 6.42 Å². The van der Waals surface area contributed by atoms with E-state index in [-0.39, 0.29) is 24.9 Å². The van der Waals surface area contributed by atoms with E-state index in [0.717, 1.165) is 40.4 Å². The van der Waals surface area contributed by atoms with E-state index < -0.39 is 0 Å². The largest absolute Gasteiger partial charge is 0.337 e. The molecule has 3 heterocycles. The highest BCUT2D eigenvalue weighted by molar-refractivity contribution is 7.18. The molecule has 1 fully saturated rings. The van der Waals surface area contributed by atoms with Crippen molar-refractivity contribution in [2.45, 2.75) is 31.8 Å². The van der Waals surface area contributed by atoms with E-state index in [2.05, 4.69) is 21.5 Å². The van der Waals surface area contributed by atoms with Gasteiger partial charge in [0.2, 0.25) is 5.91 Å². The van der Waals surface area contributed by atoms with Crippen molar-refractivity contribution in [1.82, 2.24) is 25.0 Å². The summed E-state index contributed by atoms with van der Waals surface area (Å²) in [4.78, 5) is 18.9. The van der Waals surface area contributed by atoms with Gasteiger partial charge in [0, 0.05) is 25.7 Å². The van der Waals surface area contributed by atoms with E-state index in [9.17, 15) is 4.79 Å². The van der Waals surface area contributed by atoms with Crippen LogP contribution in [0.4, 0.5) is 0 Å². The SMILES string of the molecule is CN(Cc1nc2ccccc2s1)C(=O)Cn1ccc(C2CCCNC2)n1.Cl. The normalized spacial score (nSPS) is 16.9. The third kappa shape index (κ3) is 4.66. The van der Waals surface area contributed by atoms with E-state index in [4.69, 9.17) is 0 Å². The first-order valence-electron chi connectivity index (χ1n) is 9.01. The van der Waals surface area contributed by atoms with Crippen LogP contribution in [0.1, 0.15) is 29.5 Å². The number of likely N-dealkylation sites (N-methyl/N-ethyl adjacent to an activating group) is 1. The molecular formula is C19H24ClN5OS. The first-order valence-corrected chi connectivity index (χ1v) is 9.83. The van der Waals surface area contributed by atoms with Crippen molar-refractivity contribution in [3.8, 4) is 0 Å². The number of nitrogens with one attached hydrogen (secondary N) is 1. The van der Waals surface area contributed by atoms with Crippen LogP contribution in [-0.4, -0.2) is 45.7 Å². The molecule has 1 aromatic carbocycles. The first kappa shape index (κ1) is 19.8. The summed E-state index contributed by atoms with van der Waals surface area (Å²) in [7, 11) is 1.82. The van der Waals surface area contributed by atoms with Crippen molar-refractivity contribution < 1.29 is 4.79 Å². The quantitative estimate of drug-likeness (QED) is 0.708. The maximum absolute atomic E-state index is 12.5. The fraction of sp³-hybridized carbons (Fsp3) is 0.421. The van der Waals surface area contributed by atoms with E-state index in [1.807, 2.05) is 37.5 Å². The Balaban J connectivity index is 0.00000210. The second-order valence-corrected chi connectivity index (χ2v) is 7.92. The molecule has 1 aliphatic heterocycles. The van der Waals surface area contributed by atoms with Crippen LogP contribution in [0.3, 0.4) is 0 Å². The lowest BCUT2D eigenvalue weighted by Gasteiger charge is -2.20. The topological polar surface area (TPSA) is 63.1 Å². The molecular weight excluding hydrogens is 382 g/mol. The number of carbonyl (C=O) groups is 1. The lowest BCUT2D eigenvalue weighted by Crippen LogP contribution is -2.30. The van der Waals surface area contributed by atoms with Gasteiger partial charge in [0.25, 0.3) is 0 Å². The molecule has 0 bridgehead atoms. The van der Waals surface area contributed by atoms with Crippen molar-refractivity contribution in [3.05, 3.63) is 47.2 Å². The molecule has 1 saturated heterocycles. The lowest BCUT2D eigenvalue weighted by atomic mass is 9.97. The standard InChI is InChI=1S/C19H23N5OS.ClH/c1-23(12-18-21-16-6-2-3-7-17(16)26-18)19(25)13-24-10-8-15(22-24)14-5-4-9-20-11-14;/h2-3,6-8,10,14,20H,4-5,9,11-13H2,1H3;1H. The van der Waals surface area contributed by atoms with Crippen molar-refractivity contribution in [1.29, 1.82) is 0 Å². The van der Waals surface area contributed by atoms with Crippen LogP contribution in [0.2, 0.25) is 0 Å². The number of hydrogen-bond donors (Lipinski definition) is 1. The number of carbonyl (C=O) groups excluding carboxylic acids is 1. The fourth-order valence-corrected chi connectivity index (χ4v) is 4.35. The third-order valence-corrected chi connectivity index (χ3v) is 5.83. The summed E-state index contributed by atoms with van der Waals surface area (Å²) in [6.45, 7) is 2.86. The fourth-order valence-electron chi connectivity index (χ4n) is 3.33. The van der Waals surface area contributed by atoms with Crippen LogP contribution >= 0.6 is 23.7 Å². The molecule has 0 aliphatic carbocycles. The van der Waals surface area contributed by atoms with Crippen molar-refractivity contribution in [3.63, 3.8) is 0 Å². The summed E-state index contributed by atoms with van der Waals surface area (Å²) in [6, 6.07) is 10.1. The van der Waals surface area contributed by atoms with E-state index >= 15 is 0 Å². The second kappa shape index (κ2) is 8.82. The number of fused-ring (bicyclic) bond motifs is 1. The summed E-state index contributed by atoms with van der Waals surface area (Å²) in [5, 5.41) is 8.98. The van der Waals surface area contributed by atoms with Gasteiger partial charge in [0.15, 0.2) is 0 Å². The number of rotatable bonds is 5. The predicted molar refractivity (Wildman–Crippen MR) is 110 cm³/mol. The highest BCUT2D eigenvalue weighted by Gasteiger charge is 2.19. The van der Waals surface area contributed by atoms with Gasteiger partial charge in [-0.1, -0.05) is 12.1 Å². The predicted octanol–water partition coefficient (Wildman–Crippen LogP) is 3.04. The third-order valence-electron chi connectivity index (χ3n) is 4.81. The minimum Gasteiger partial charge on any atom is -0.337 e. The average molecular weight is 406 g/mol. The minimum atomic E-state index is 0. The Morgan fingerprint density at radius 2 is 2.22 bits per heavy atom. The van der Waals surface area contributed by atoms with Crippen LogP contribution in [0.25, 0.3) is 10.2 Å². The van der Waals surface area contributed by atoms with Crippen LogP contribution < -0.4 is 5.32 Å². The molecule has 4 rings (SSSR count).